The van der Waals surface area contributed by atoms with E-state index in [1.807, 2.05) is 25.1 Å². The van der Waals surface area contributed by atoms with Crippen molar-refractivity contribution >= 4 is 35.0 Å². The van der Waals surface area contributed by atoms with Gasteiger partial charge in [0.2, 0.25) is 0 Å². The number of halogens is 2. The van der Waals surface area contributed by atoms with Crippen molar-refractivity contribution in [1.82, 2.24) is 4.98 Å². The number of aryl methyl sites for hydroxylation is 1. The maximum absolute atomic E-state index is 11.0. The van der Waals surface area contributed by atoms with Crippen LogP contribution >= 0.6 is 23.2 Å². The lowest BCUT2D eigenvalue weighted by molar-refractivity contribution is -0.139. The van der Waals surface area contributed by atoms with Crippen LogP contribution in [0.4, 0.5) is 5.82 Å². The lowest BCUT2D eigenvalue weighted by atomic mass is 10.0. The SMILES string of the molecule is Cc1cc(Cl)c(O[C@H]2CCN(c3ccc(C[C@@H](C#N)C(=O)O)cn3)C2)c(Cl)c1. The zero-order valence-corrected chi connectivity index (χ0v) is 16.7. The van der Waals surface area contributed by atoms with Crippen LogP contribution in [0, 0.1) is 24.2 Å². The number of carboxylic acids is 1. The first kappa shape index (κ1) is 20.2. The number of aliphatic carboxylic acids is 1. The molecule has 6 nitrogen and oxygen atoms in total. The van der Waals surface area contributed by atoms with E-state index < -0.39 is 11.9 Å². The third-order valence-corrected chi connectivity index (χ3v) is 5.16. The average molecular weight is 420 g/mol. The van der Waals surface area contributed by atoms with Crippen molar-refractivity contribution in [2.24, 2.45) is 5.92 Å². The molecule has 0 radical (unpaired) electrons. The molecule has 2 atom stereocenters. The van der Waals surface area contributed by atoms with Gasteiger partial charge in [-0.15, -0.1) is 0 Å². The molecule has 0 amide bonds. The monoisotopic (exact) mass is 419 g/mol. The molecule has 0 unspecified atom stereocenters. The molecule has 2 aromatic rings. The number of anilines is 1. The first-order valence-corrected chi connectivity index (χ1v) is 9.57. The number of benzene rings is 1. The molecule has 8 heteroatoms. The predicted molar refractivity (Wildman–Crippen MR) is 107 cm³/mol. The van der Waals surface area contributed by atoms with Gasteiger partial charge in [-0.05, 0) is 36.2 Å². The number of aromatic nitrogens is 1. The number of nitrogens with zero attached hydrogens (tertiary/aromatic N) is 3. The number of rotatable bonds is 6. The molecule has 2 heterocycles. The zero-order chi connectivity index (χ0) is 20.3. The smallest absolute Gasteiger partial charge is 0.321 e. The molecule has 0 saturated carbocycles. The van der Waals surface area contributed by atoms with E-state index in [9.17, 15) is 4.79 Å². The molecule has 146 valence electrons. The van der Waals surface area contributed by atoms with Crippen LogP contribution in [0.1, 0.15) is 17.5 Å². The Balaban J connectivity index is 1.63. The molecule has 28 heavy (non-hydrogen) atoms. The van der Waals surface area contributed by atoms with Crippen molar-refractivity contribution in [3.8, 4) is 11.8 Å². The minimum absolute atomic E-state index is 0.0610. The Bertz CT molecular complexity index is 889. The molecule has 1 saturated heterocycles. The van der Waals surface area contributed by atoms with Gasteiger partial charge in [0.15, 0.2) is 5.75 Å². The van der Waals surface area contributed by atoms with Crippen molar-refractivity contribution < 1.29 is 14.6 Å². The molecule has 1 aromatic carbocycles. The minimum Gasteiger partial charge on any atom is -0.485 e. The Labute approximate surface area is 173 Å². The average Bonchev–Trinajstić information content (AvgIpc) is 3.11. The summed E-state index contributed by atoms with van der Waals surface area (Å²) in [5, 5.41) is 18.9. The van der Waals surface area contributed by atoms with Gasteiger partial charge in [-0.1, -0.05) is 29.3 Å². The Hall–Kier alpha value is -2.49. The molecule has 0 bridgehead atoms. The number of hydrogen-bond acceptors (Lipinski definition) is 5. The molecule has 3 rings (SSSR count). The number of carbonyl (C=O) groups is 1. The lowest BCUT2D eigenvalue weighted by Gasteiger charge is -2.19. The van der Waals surface area contributed by atoms with Crippen molar-refractivity contribution in [3.63, 3.8) is 0 Å². The van der Waals surface area contributed by atoms with Crippen molar-refractivity contribution in [2.75, 3.05) is 18.0 Å². The quantitative estimate of drug-likeness (QED) is 0.757. The van der Waals surface area contributed by atoms with E-state index in [1.54, 1.807) is 18.3 Å². The minimum atomic E-state index is -1.13. The fourth-order valence-electron chi connectivity index (χ4n) is 3.15. The van der Waals surface area contributed by atoms with Gasteiger partial charge in [0, 0.05) is 25.6 Å². The highest BCUT2D eigenvalue weighted by Crippen LogP contribution is 2.36. The molecule has 1 aliphatic rings. The van der Waals surface area contributed by atoms with Gasteiger partial charge in [-0.25, -0.2) is 4.98 Å². The summed E-state index contributed by atoms with van der Waals surface area (Å²) >= 11 is 12.5. The number of nitriles is 1. The first-order chi connectivity index (χ1) is 13.4. The van der Waals surface area contributed by atoms with Gasteiger partial charge in [-0.2, -0.15) is 5.26 Å². The molecule has 0 spiro atoms. The van der Waals surface area contributed by atoms with Crippen LogP contribution in [0.3, 0.4) is 0 Å². The number of pyridine rings is 1. The zero-order valence-electron chi connectivity index (χ0n) is 15.2. The van der Waals surface area contributed by atoms with Crippen LogP contribution in [0.15, 0.2) is 30.5 Å². The maximum atomic E-state index is 11.0. The Morgan fingerprint density at radius 1 is 1.43 bits per heavy atom. The molecule has 1 N–H and O–H groups in total. The molecule has 1 aromatic heterocycles. The molecular weight excluding hydrogens is 401 g/mol. The van der Waals surface area contributed by atoms with E-state index in [4.69, 9.17) is 38.3 Å². The van der Waals surface area contributed by atoms with Crippen LogP contribution in [-0.4, -0.2) is 35.3 Å². The van der Waals surface area contributed by atoms with Gasteiger partial charge >= 0.3 is 5.97 Å². The van der Waals surface area contributed by atoms with Crippen LogP contribution in [-0.2, 0) is 11.2 Å². The van der Waals surface area contributed by atoms with E-state index in [-0.39, 0.29) is 12.5 Å². The summed E-state index contributed by atoms with van der Waals surface area (Å²) in [7, 11) is 0. The van der Waals surface area contributed by atoms with Gasteiger partial charge in [0.1, 0.15) is 17.8 Å². The lowest BCUT2D eigenvalue weighted by Crippen LogP contribution is -2.25. The normalized spacial score (nSPS) is 17.2. The summed E-state index contributed by atoms with van der Waals surface area (Å²) < 4.78 is 6.03. The van der Waals surface area contributed by atoms with E-state index in [2.05, 4.69) is 9.88 Å². The van der Waals surface area contributed by atoms with Crippen LogP contribution in [0.2, 0.25) is 10.0 Å². The number of hydrogen-bond donors (Lipinski definition) is 1. The van der Waals surface area contributed by atoms with Gasteiger partial charge < -0.3 is 14.7 Å². The number of ether oxygens (including phenoxy) is 1. The fourth-order valence-corrected chi connectivity index (χ4v) is 3.83. The van der Waals surface area contributed by atoms with E-state index in [0.29, 0.717) is 27.9 Å². The standard InChI is InChI=1S/C20H19Cl2N3O3/c1-12-6-16(21)19(17(22)7-12)28-15-4-5-25(11-15)18-3-2-13(10-24-18)8-14(9-23)20(26)27/h2-3,6-7,10,14-15H,4-5,8,11H2,1H3,(H,26,27)/t14-,15-/m0/s1. The van der Waals surface area contributed by atoms with Gasteiger partial charge in [0.05, 0.1) is 22.7 Å². The summed E-state index contributed by atoms with van der Waals surface area (Å²) in [4.78, 5) is 17.5. The maximum Gasteiger partial charge on any atom is 0.321 e. The summed E-state index contributed by atoms with van der Waals surface area (Å²) in [6.45, 7) is 3.33. The van der Waals surface area contributed by atoms with Crippen molar-refractivity contribution in [2.45, 2.75) is 25.9 Å². The molecule has 1 aliphatic heterocycles. The van der Waals surface area contributed by atoms with Crippen LogP contribution in [0.5, 0.6) is 5.75 Å². The largest absolute Gasteiger partial charge is 0.485 e. The summed E-state index contributed by atoms with van der Waals surface area (Å²) in [5.74, 6) is -0.916. The second kappa shape index (κ2) is 8.68. The van der Waals surface area contributed by atoms with Crippen LogP contribution in [0.25, 0.3) is 0 Å². The van der Waals surface area contributed by atoms with Gasteiger partial charge in [0.25, 0.3) is 0 Å². The highest BCUT2D eigenvalue weighted by molar-refractivity contribution is 6.37. The third-order valence-electron chi connectivity index (χ3n) is 4.60. The van der Waals surface area contributed by atoms with E-state index in [1.165, 1.54) is 0 Å². The second-order valence-electron chi connectivity index (χ2n) is 6.78. The third kappa shape index (κ3) is 4.67. The highest BCUT2D eigenvalue weighted by Gasteiger charge is 2.26. The predicted octanol–water partition coefficient (Wildman–Crippen LogP) is 4.12. The Morgan fingerprint density at radius 2 is 2.14 bits per heavy atom. The Kier molecular flexibility index (Phi) is 6.28. The van der Waals surface area contributed by atoms with Crippen molar-refractivity contribution in [3.05, 3.63) is 51.6 Å². The first-order valence-electron chi connectivity index (χ1n) is 8.82. The van der Waals surface area contributed by atoms with Crippen molar-refractivity contribution in [1.29, 1.82) is 5.26 Å². The molecular formula is C20H19Cl2N3O3. The molecule has 1 fully saturated rings. The summed E-state index contributed by atoms with van der Waals surface area (Å²) in [6.07, 6.45) is 2.49. The van der Waals surface area contributed by atoms with Gasteiger partial charge in [-0.3, -0.25) is 4.79 Å². The summed E-state index contributed by atoms with van der Waals surface area (Å²) in [5.41, 5.74) is 1.68. The fraction of sp³-hybridized carbons (Fsp3) is 0.350. The Morgan fingerprint density at radius 3 is 2.71 bits per heavy atom. The topological polar surface area (TPSA) is 86.5 Å². The second-order valence-corrected chi connectivity index (χ2v) is 7.60. The van der Waals surface area contributed by atoms with E-state index >= 15 is 0 Å². The molecule has 0 aliphatic carbocycles. The van der Waals surface area contributed by atoms with Crippen LogP contribution < -0.4 is 9.64 Å². The number of carboxylic acid groups (broad SMARTS) is 1. The summed E-state index contributed by atoms with van der Waals surface area (Å²) in [6, 6.07) is 9.06. The highest BCUT2D eigenvalue weighted by atomic mass is 35.5. The van der Waals surface area contributed by atoms with E-state index in [0.717, 1.165) is 24.3 Å².